The highest BCUT2D eigenvalue weighted by molar-refractivity contribution is 5.94. The molecule has 0 radical (unpaired) electrons. The van der Waals surface area contributed by atoms with E-state index in [1.807, 2.05) is 25.1 Å². The Morgan fingerprint density at radius 3 is 2.52 bits per heavy atom. The molecule has 2 aromatic rings. The summed E-state index contributed by atoms with van der Waals surface area (Å²) in [6.45, 7) is 3.46. The molecule has 1 N–H and O–H groups in total. The summed E-state index contributed by atoms with van der Waals surface area (Å²) in [5, 5.41) is 2.48. The van der Waals surface area contributed by atoms with Gasteiger partial charge in [-0.2, -0.15) is 0 Å². The number of hydrogen-bond donors (Lipinski definition) is 1. The number of halogens is 2. The lowest BCUT2D eigenvalue weighted by atomic mass is 10.2. The fraction of sp³-hybridized carbons (Fsp3) is 0.188. The van der Waals surface area contributed by atoms with Crippen LogP contribution in [0.4, 0.5) is 14.5 Å². The van der Waals surface area contributed by atoms with Gasteiger partial charge in [0.15, 0.2) is 17.7 Å². The second kappa shape index (κ2) is 6.35. The van der Waals surface area contributed by atoms with Gasteiger partial charge in [0.25, 0.3) is 5.91 Å². The molecule has 0 saturated heterocycles. The van der Waals surface area contributed by atoms with E-state index in [0.29, 0.717) is 5.75 Å². The van der Waals surface area contributed by atoms with Crippen molar-refractivity contribution >= 4 is 11.6 Å². The zero-order valence-corrected chi connectivity index (χ0v) is 11.7. The van der Waals surface area contributed by atoms with E-state index in [0.717, 1.165) is 17.7 Å². The van der Waals surface area contributed by atoms with Crippen LogP contribution in [0.25, 0.3) is 0 Å². The number of carbonyl (C=O) groups is 1. The largest absolute Gasteiger partial charge is 0.481 e. The van der Waals surface area contributed by atoms with Crippen LogP contribution in [0.15, 0.2) is 42.5 Å². The summed E-state index contributed by atoms with van der Waals surface area (Å²) in [5.41, 5.74) is 1.09. The summed E-state index contributed by atoms with van der Waals surface area (Å²) in [6.07, 6.45) is -0.765. The molecule has 0 saturated carbocycles. The summed E-state index contributed by atoms with van der Waals surface area (Å²) in [5.74, 6) is -1.81. The van der Waals surface area contributed by atoms with E-state index in [1.165, 1.54) is 6.07 Å². The fourth-order valence-corrected chi connectivity index (χ4v) is 1.75. The first-order valence-corrected chi connectivity index (χ1v) is 6.45. The Morgan fingerprint density at radius 1 is 1.14 bits per heavy atom. The molecule has 3 nitrogen and oxygen atoms in total. The number of aryl methyl sites for hydroxylation is 1. The zero-order chi connectivity index (χ0) is 15.4. The lowest BCUT2D eigenvalue weighted by Gasteiger charge is -2.16. The van der Waals surface area contributed by atoms with Gasteiger partial charge in [0.1, 0.15) is 5.75 Å². The van der Waals surface area contributed by atoms with Crippen LogP contribution in [0, 0.1) is 18.6 Å². The van der Waals surface area contributed by atoms with Crippen molar-refractivity contribution in [3.8, 4) is 5.75 Å². The third-order valence-electron chi connectivity index (χ3n) is 2.95. The van der Waals surface area contributed by atoms with E-state index in [9.17, 15) is 13.6 Å². The average molecular weight is 291 g/mol. The van der Waals surface area contributed by atoms with E-state index < -0.39 is 23.6 Å². The molecule has 1 atom stereocenters. The summed E-state index contributed by atoms with van der Waals surface area (Å²) in [7, 11) is 0. The highest BCUT2D eigenvalue weighted by atomic mass is 19.2. The van der Waals surface area contributed by atoms with Crippen molar-refractivity contribution in [2.75, 3.05) is 5.32 Å². The van der Waals surface area contributed by atoms with Gasteiger partial charge in [0.2, 0.25) is 0 Å². The molecular formula is C16H15F2NO2. The Morgan fingerprint density at radius 2 is 1.86 bits per heavy atom. The van der Waals surface area contributed by atoms with Gasteiger partial charge in [-0.25, -0.2) is 8.78 Å². The summed E-state index contributed by atoms with van der Waals surface area (Å²) < 4.78 is 31.4. The fourth-order valence-electron chi connectivity index (χ4n) is 1.75. The molecule has 1 amide bonds. The van der Waals surface area contributed by atoms with E-state index in [1.54, 1.807) is 13.0 Å². The Hall–Kier alpha value is -2.43. The zero-order valence-electron chi connectivity index (χ0n) is 11.7. The molecule has 0 bridgehead atoms. The molecule has 2 aromatic carbocycles. The maximum atomic E-state index is 13.1. The second-order valence-corrected chi connectivity index (χ2v) is 4.64. The molecule has 0 heterocycles. The quantitative estimate of drug-likeness (QED) is 0.933. The summed E-state index contributed by atoms with van der Waals surface area (Å²) >= 11 is 0. The SMILES string of the molecule is Cc1ccccc1O[C@@H](C)C(=O)Nc1ccc(F)c(F)c1. The molecule has 0 aliphatic rings. The van der Waals surface area contributed by atoms with Crippen molar-refractivity contribution in [3.63, 3.8) is 0 Å². The van der Waals surface area contributed by atoms with Crippen molar-refractivity contribution in [1.29, 1.82) is 0 Å². The Balaban J connectivity index is 2.02. The molecule has 0 aliphatic heterocycles. The van der Waals surface area contributed by atoms with Crippen LogP contribution in [0.1, 0.15) is 12.5 Å². The molecule has 5 heteroatoms. The maximum Gasteiger partial charge on any atom is 0.265 e. The van der Waals surface area contributed by atoms with Crippen molar-refractivity contribution < 1.29 is 18.3 Å². The number of ether oxygens (including phenoxy) is 1. The van der Waals surface area contributed by atoms with Crippen LogP contribution in [-0.2, 0) is 4.79 Å². The van der Waals surface area contributed by atoms with Gasteiger partial charge in [-0.3, -0.25) is 4.79 Å². The first-order chi connectivity index (χ1) is 9.97. The molecule has 0 aliphatic carbocycles. The van der Waals surface area contributed by atoms with Gasteiger partial charge in [-0.05, 0) is 37.6 Å². The number of nitrogens with one attached hydrogen (secondary N) is 1. The molecule has 0 fully saturated rings. The number of amides is 1. The Bertz CT molecular complexity index is 658. The highest BCUT2D eigenvalue weighted by Crippen LogP contribution is 2.19. The third-order valence-corrected chi connectivity index (χ3v) is 2.95. The van der Waals surface area contributed by atoms with E-state index in [4.69, 9.17) is 4.74 Å². The Kier molecular flexibility index (Phi) is 4.52. The number of benzene rings is 2. The van der Waals surface area contributed by atoms with Crippen LogP contribution in [-0.4, -0.2) is 12.0 Å². The molecular weight excluding hydrogens is 276 g/mol. The molecule has 110 valence electrons. The van der Waals surface area contributed by atoms with Crippen LogP contribution in [0.5, 0.6) is 5.75 Å². The molecule has 2 rings (SSSR count). The number of carbonyl (C=O) groups excluding carboxylic acids is 1. The first-order valence-electron chi connectivity index (χ1n) is 6.45. The maximum absolute atomic E-state index is 13.1. The predicted molar refractivity (Wildman–Crippen MR) is 76.3 cm³/mol. The molecule has 0 unspecified atom stereocenters. The molecule has 0 spiro atoms. The third kappa shape index (κ3) is 3.78. The average Bonchev–Trinajstić information content (AvgIpc) is 2.45. The minimum absolute atomic E-state index is 0.180. The van der Waals surface area contributed by atoms with E-state index in [-0.39, 0.29) is 5.69 Å². The Labute approximate surface area is 121 Å². The normalized spacial score (nSPS) is 11.8. The lowest BCUT2D eigenvalue weighted by molar-refractivity contribution is -0.122. The van der Waals surface area contributed by atoms with Gasteiger partial charge in [-0.15, -0.1) is 0 Å². The number of hydrogen-bond acceptors (Lipinski definition) is 2. The lowest BCUT2D eigenvalue weighted by Crippen LogP contribution is -2.30. The standard InChI is InChI=1S/C16H15F2NO2/c1-10-5-3-4-6-15(10)21-11(2)16(20)19-12-7-8-13(17)14(18)9-12/h3-9,11H,1-2H3,(H,19,20)/t11-/m0/s1. The molecule has 0 aromatic heterocycles. The van der Waals surface area contributed by atoms with Crippen LogP contribution >= 0.6 is 0 Å². The second-order valence-electron chi connectivity index (χ2n) is 4.64. The van der Waals surface area contributed by atoms with E-state index in [2.05, 4.69) is 5.32 Å². The topological polar surface area (TPSA) is 38.3 Å². The van der Waals surface area contributed by atoms with Crippen molar-refractivity contribution in [1.82, 2.24) is 0 Å². The van der Waals surface area contributed by atoms with Gasteiger partial charge in [0.05, 0.1) is 0 Å². The minimum atomic E-state index is -1.01. The molecule has 21 heavy (non-hydrogen) atoms. The van der Waals surface area contributed by atoms with Crippen LogP contribution in [0.2, 0.25) is 0 Å². The van der Waals surface area contributed by atoms with Gasteiger partial charge < -0.3 is 10.1 Å². The number of rotatable bonds is 4. The summed E-state index contributed by atoms with van der Waals surface area (Å²) in [6, 6.07) is 10.5. The highest BCUT2D eigenvalue weighted by Gasteiger charge is 2.16. The first kappa shape index (κ1) is 15.0. The predicted octanol–water partition coefficient (Wildman–Crippen LogP) is 3.68. The van der Waals surface area contributed by atoms with Crippen molar-refractivity contribution in [2.24, 2.45) is 0 Å². The number of para-hydroxylation sites is 1. The van der Waals surface area contributed by atoms with Crippen molar-refractivity contribution in [3.05, 3.63) is 59.7 Å². The van der Waals surface area contributed by atoms with Gasteiger partial charge in [-0.1, -0.05) is 18.2 Å². The summed E-state index contributed by atoms with van der Waals surface area (Å²) in [4.78, 5) is 12.0. The van der Waals surface area contributed by atoms with Gasteiger partial charge in [0, 0.05) is 11.8 Å². The van der Waals surface area contributed by atoms with Gasteiger partial charge >= 0.3 is 0 Å². The monoisotopic (exact) mass is 291 g/mol. The van der Waals surface area contributed by atoms with Crippen LogP contribution < -0.4 is 10.1 Å². The minimum Gasteiger partial charge on any atom is -0.481 e. The van der Waals surface area contributed by atoms with Crippen LogP contribution in [0.3, 0.4) is 0 Å². The van der Waals surface area contributed by atoms with E-state index >= 15 is 0 Å². The number of anilines is 1. The smallest absolute Gasteiger partial charge is 0.265 e. The van der Waals surface area contributed by atoms with Crippen molar-refractivity contribution in [2.45, 2.75) is 20.0 Å².